The lowest BCUT2D eigenvalue weighted by Gasteiger charge is -1.99. The Hall–Kier alpha value is -2.21. The summed E-state index contributed by atoms with van der Waals surface area (Å²) in [5.41, 5.74) is 2.35. The van der Waals surface area contributed by atoms with Gasteiger partial charge in [-0.15, -0.1) is 0 Å². The van der Waals surface area contributed by atoms with Gasteiger partial charge in [-0.05, 0) is 46.3 Å². The molecule has 3 rings (SSSR count). The molecule has 1 heterocycles. The van der Waals surface area contributed by atoms with Crippen LogP contribution in [0.4, 0.5) is 4.39 Å². The predicted octanol–water partition coefficient (Wildman–Crippen LogP) is 3.92. The molecule has 0 saturated carbocycles. The highest BCUT2D eigenvalue weighted by Gasteiger charge is 2.15. The first-order valence-corrected chi connectivity index (χ1v) is 6.92. The van der Waals surface area contributed by atoms with E-state index in [9.17, 15) is 9.18 Å². The number of hydrogen-bond acceptors (Lipinski definition) is 3. The molecule has 0 aliphatic rings. The number of aromatic amines is 1. The number of halogens is 2. The second-order valence-corrected chi connectivity index (χ2v) is 5.26. The third kappa shape index (κ3) is 2.42. The topological polar surface area (TPSA) is 55.0 Å². The van der Waals surface area contributed by atoms with Gasteiger partial charge in [0.15, 0.2) is 0 Å². The van der Waals surface area contributed by atoms with Crippen molar-refractivity contribution in [3.63, 3.8) is 0 Å². The number of fused-ring (bicyclic) bond motifs is 1. The van der Waals surface area contributed by atoms with Crippen molar-refractivity contribution in [1.82, 2.24) is 9.97 Å². The van der Waals surface area contributed by atoms with Crippen LogP contribution in [0.5, 0.6) is 0 Å². The van der Waals surface area contributed by atoms with Crippen LogP contribution in [0.2, 0.25) is 0 Å². The summed E-state index contributed by atoms with van der Waals surface area (Å²) in [5, 5.41) is 0. The number of nitrogens with zero attached hydrogens (tertiary/aromatic N) is 1. The number of aromatic nitrogens is 2. The molecule has 0 saturated heterocycles. The van der Waals surface area contributed by atoms with E-state index in [4.69, 9.17) is 4.74 Å². The normalized spacial score (nSPS) is 10.8. The Morgan fingerprint density at radius 2 is 2.14 bits per heavy atom. The number of esters is 1. The van der Waals surface area contributed by atoms with Crippen LogP contribution in [0, 0.1) is 5.82 Å². The third-order valence-corrected chi connectivity index (χ3v) is 3.72. The van der Waals surface area contributed by atoms with Gasteiger partial charge in [0, 0.05) is 5.56 Å². The first-order valence-electron chi connectivity index (χ1n) is 6.12. The number of imidazole rings is 1. The molecule has 2 aromatic carbocycles. The smallest absolute Gasteiger partial charge is 0.340 e. The summed E-state index contributed by atoms with van der Waals surface area (Å²) in [7, 11) is 1.33. The van der Waals surface area contributed by atoms with Crippen molar-refractivity contribution in [2.75, 3.05) is 7.11 Å². The molecule has 0 aliphatic carbocycles. The maximum atomic E-state index is 13.3. The summed E-state index contributed by atoms with van der Waals surface area (Å²) in [6.07, 6.45) is 0. The molecular formula is C15H10BrFN2O2. The summed E-state index contributed by atoms with van der Waals surface area (Å²) < 4.78 is 18.4. The van der Waals surface area contributed by atoms with Gasteiger partial charge >= 0.3 is 5.97 Å². The van der Waals surface area contributed by atoms with Gasteiger partial charge in [0.25, 0.3) is 0 Å². The molecule has 0 fully saturated rings. The summed E-state index contributed by atoms with van der Waals surface area (Å²) >= 11 is 3.15. The van der Waals surface area contributed by atoms with Gasteiger partial charge in [-0.2, -0.15) is 0 Å². The summed E-state index contributed by atoms with van der Waals surface area (Å²) in [6, 6.07) is 9.82. The van der Waals surface area contributed by atoms with E-state index in [2.05, 4.69) is 25.9 Å². The average molecular weight is 349 g/mol. The fourth-order valence-electron chi connectivity index (χ4n) is 2.09. The van der Waals surface area contributed by atoms with E-state index in [0.29, 0.717) is 26.9 Å². The lowest BCUT2D eigenvalue weighted by atomic mass is 10.2. The lowest BCUT2D eigenvalue weighted by molar-refractivity contribution is 0.0603. The highest BCUT2D eigenvalue weighted by molar-refractivity contribution is 9.10. The van der Waals surface area contributed by atoms with Crippen LogP contribution in [0.15, 0.2) is 40.9 Å². The van der Waals surface area contributed by atoms with E-state index in [1.54, 1.807) is 24.3 Å². The Bertz CT molecular complexity index is 845. The van der Waals surface area contributed by atoms with Crippen LogP contribution in [-0.4, -0.2) is 23.0 Å². The van der Waals surface area contributed by atoms with Crippen molar-refractivity contribution in [2.24, 2.45) is 0 Å². The summed E-state index contributed by atoms with van der Waals surface area (Å²) in [5.74, 6) is -0.230. The van der Waals surface area contributed by atoms with Gasteiger partial charge in [0.2, 0.25) is 0 Å². The molecule has 0 aliphatic heterocycles. The van der Waals surface area contributed by atoms with Crippen LogP contribution in [-0.2, 0) is 4.74 Å². The molecule has 0 amide bonds. The lowest BCUT2D eigenvalue weighted by Crippen LogP contribution is -2.01. The highest BCUT2D eigenvalue weighted by Crippen LogP contribution is 2.26. The van der Waals surface area contributed by atoms with Gasteiger partial charge in [-0.3, -0.25) is 0 Å². The van der Waals surface area contributed by atoms with Crippen molar-refractivity contribution in [3.8, 4) is 11.4 Å². The number of ether oxygens (including phenoxy) is 1. The molecule has 3 aromatic rings. The number of H-pyrrole nitrogens is 1. The molecule has 0 atom stereocenters. The quantitative estimate of drug-likeness (QED) is 0.714. The molecule has 0 bridgehead atoms. The zero-order valence-corrected chi connectivity index (χ0v) is 12.6. The number of benzene rings is 2. The standard InChI is InChI=1S/C15H10BrFN2O2/c1-21-15(20)9-3-2-4-12-13(9)19-14(18-12)8-5-6-11(17)10(16)7-8/h2-7H,1H3,(H,18,19). The molecular weight excluding hydrogens is 339 g/mol. The predicted molar refractivity (Wildman–Crippen MR) is 80.5 cm³/mol. The van der Waals surface area contributed by atoms with E-state index in [0.717, 1.165) is 5.56 Å². The number of para-hydroxylation sites is 1. The molecule has 1 N–H and O–H groups in total. The molecule has 21 heavy (non-hydrogen) atoms. The number of carbonyl (C=O) groups excluding carboxylic acids is 1. The Labute approximate surface area is 128 Å². The molecule has 106 valence electrons. The van der Waals surface area contributed by atoms with E-state index >= 15 is 0 Å². The second-order valence-electron chi connectivity index (χ2n) is 4.41. The zero-order valence-electron chi connectivity index (χ0n) is 11.0. The molecule has 0 radical (unpaired) electrons. The molecule has 0 spiro atoms. The number of rotatable bonds is 2. The van der Waals surface area contributed by atoms with E-state index in [-0.39, 0.29) is 5.82 Å². The van der Waals surface area contributed by atoms with E-state index in [1.807, 2.05) is 6.07 Å². The Kier molecular flexibility index (Phi) is 3.47. The molecule has 0 unspecified atom stereocenters. The largest absolute Gasteiger partial charge is 0.465 e. The minimum Gasteiger partial charge on any atom is -0.465 e. The maximum absolute atomic E-state index is 13.3. The monoisotopic (exact) mass is 348 g/mol. The fraction of sp³-hybridized carbons (Fsp3) is 0.0667. The number of carbonyl (C=O) groups is 1. The Morgan fingerprint density at radius 1 is 1.33 bits per heavy atom. The van der Waals surface area contributed by atoms with E-state index in [1.165, 1.54) is 13.2 Å². The maximum Gasteiger partial charge on any atom is 0.340 e. The van der Waals surface area contributed by atoms with Crippen LogP contribution >= 0.6 is 15.9 Å². The van der Waals surface area contributed by atoms with Gasteiger partial charge in [0.1, 0.15) is 17.2 Å². The summed E-state index contributed by atoms with van der Waals surface area (Å²) in [6.45, 7) is 0. The number of hydrogen-bond donors (Lipinski definition) is 1. The minimum atomic E-state index is -0.445. The third-order valence-electron chi connectivity index (χ3n) is 3.11. The number of methoxy groups -OCH3 is 1. The van der Waals surface area contributed by atoms with Crippen LogP contribution in [0.3, 0.4) is 0 Å². The van der Waals surface area contributed by atoms with Gasteiger partial charge in [-0.1, -0.05) is 6.07 Å². The second kappa shape index (κ2) is 5.29. The van der Waals surface area contributed by atoms with Crippen molar-refractivity contribution >= 4 is 32.9 Å². The van der Waals surface area contributed by atoms with Crippen LogP contribution < -0.4 is 0 Å². The molecule has 1 aromatic heterocycles. The van der Waals surface area contributed by atoms with E-state index < -0.39 is 5.97 Å². The van der Waals surface area contributed by atoms with Gasteiger partial charge in [0.05, 0.1) is 22.7 Å². The number of nitrogens with one attached hydrogen (secondary N) is 1. The Morgan fingerprint density at radius 3 is 2.86 bits per heavy atom. The minimum absolute atomic E-state index is 0.342. The fourth-order valence-corrected chi connectivity index (χ4v) is 2.47. The van der Waals surface area contributed by atoms with Crippen molar-refractivity contribution in [1.29, 1.82) is 0 Å². The molecule has 4 nitrogen and oxygen atoms in total. The zero-order chi connectivity index (χ0) is 15.0. The average Bonchev–Trinajstić information content (AvgIpc) is 2.93. The first-order chi connectivity index (χ1) is 10.1. The van der Waals surface area contributed by atoms with Crippen molar-refractivity contribution in [2.45, 2.75) is 0 Å². The SMILES string of the molecule is COC(=O)c1cccc2[nH]c(-c3ccc(F)c(Br)c3)nc12. The van der Waals surface area contributed by atoms with Crippen molar-refractivity contribution < 1.29 is 13.9 Å². The van der Waals surface area contributed by atoms with Crippen LogP contribution in [0.25, 0.3) is 22.4 Å². The van der Waals surface area contributed by atoms with Crippen LogP contribution in [0.1, 0.15) is 10.4 Å². The van der Waals surface area contributed by atoms with Gasteiger partial charge < -0.3 is 9.72 Å². The Balaban J connectivity index is 2.17. The van der Waals surface area contributed by atoms with Gasteiger partial charge in [-0.25, -0.2) is 14.2 Å². The molecule has 6 heteroatoms. The van der Waals surface area contributed by atoms with Crippen molar-refractivity contribution in [3.05, 3.63) is 52.3 Å². The first kappa shape index (κ1) is 13.8. The highest BCUT2D eigenvalue weighted by atomic mass is 79.9. The summed E-state index contributed by atoms with van der Waals surface area (Å²) in [4.78, 5) is 19.3.